The van der Waals surface area contributed by atoms with E-state index < -0.39 is 0 Å². The van der Waals surface area contributed by atoms with Gasteiger partial charge in [-0.15, -0.1) is 10.2 Å². The Morgan fingerprint density at radius 3 is 2.82 bits per heavy atom. The summed E-state index contributed by atoms with van der Waals surface area (Å²) in [7, 11) is 1.77. The summed E-state index contributed by atoms with van der Waals surface area (Å²) in [5.74, 6) is 0.747. The molecule has 2 heterocycles. The lowest BCUT2D eigenvalue weighted by molar-refractivity contribution is -0.0526. The van der Waals surface area contributed by atoms with Gasteiger partial charge in [0.05, 0.1) is 20.3 Å². The van der Waals surface area contributed by atoms with Crippen LogP contribution in [0.5, 0.6) is 0 Å². The Hall–Kier alpha value is -1.05. The Labute approximate surface area is 100 Å². The topological polar surface area (TPSA) is 74.1 Å². The highest BCUT2D eigenvalue weighted by Crippen LogP contribution is 2.12. The van der Waals surface area contributed by atoms with Crippen molar-refractivity contribution in [3.05, 3.63) is 5.82 Å². The Morgan fingerprint density at radius 2 is 2.24 bits per heavy atom. The molecule has 0 radical (unpaired) electrons. The first-order chi connectivity index (χ1) is 8.28. The standard InChI is InChI=1S/C10H19N5O2/c1-3-11-8(7-10-16-4-5-17-10)6-9-12-14-15(2)13-9/h8,10-11H,3-7H2,1-2H3. The van der Waals surface area contributed by atoms with E-state index in [9.17, 15) is 0 Å². The van der Waals surface area contributed by atoms with E-state index in [-0.39, 0.29) is 12.3 Å². The Kier molecular flexibility index (Phi) is 4.41. The molecule has 96 valence electrons. The average Bonchev–Trinajstić information content (AvgIpc) is 2.91. The molecule has 2 rings (SSSR count). The van der Waals surface area contributed by atoms with Crippen LogP contribution in [0.1, 0.15) is 19.2 Å². The van der Waals surface area contributed by atoms with Crippen LogP contribution in [-0.2, 0) is 22.9 Å². The van der Waals surface area contributed by atoms with Crippen molar-refractivity contribution in [3.8, 4) is 0 Å². The lowest BCUT2D eigenvalue weighted by Gasteiger charge is -2.19. The average molecular weight is 241 g/mol. The van der Waals surface area contributed by atoms with Crippen molar-refractivity contribution < 1.29 is 9.47 Å². The van der Waals surface area contributed by atoms with E-state index in [1.54, 1.807) is 7.05 Å². The highest BCUT2D eigenvalue weighted by molar-refractivity contribution is 4.85. The number of nitrogens with zero attached hydrogens (tertiary/aromatic N) is 4. The lowest BCUT2D eigenvalue weighted by atomic mass is 10.1. The number of ether oxygens (including phenoxy) is 2. The molecule has 0 aliphatic carbocycles. The molecule has 1 saturated heterocycles. The quantitative estimate of drug-likeness (QED) is 0.723. The van der Waals surface area contributed by atoms with Crippen LogP contribution in [0, 0.1) is 0 Å². The normalized spacial score (nSPS) is 18.7. The SMILES string of the molecule is CCNC(Cc1nnn(C)n1)CC1OCCO1. The minimum Gasteiger partial charge on any atom is -0.350 e. The van der Waals surface area contributed by atoms with Gasteiger partial charge in [0.25, 0.3) is 0 Å². The molecule has 1 aromatic heterocycles. The molecule has 7 heteroatoms. The van der Waals surface area contributed by atoms with E-state index in [0.717, 1.165) is 25.2 Å². The summed E-state index contributed by atoms with van der Waals surface area (Å²) in [5, 5.41) is 15.4. The maximum Gasteiger partial charge on any atom is 0.176 e. The zero-order valence-electron chi connectivity index (χ0n) is 10.3. The van der Waals surface area contributed by atoms with E-state index >= 15 is 0 Å². The van der Waals surface area contributed by atoms with Crippen molar-refractivity contribution in [3.63, 3.8) is 0 Å². The molecule has 17 heavy (non-hydrogen) atoms. The third-order valence-corrected chi connectivity index (χ3v) is 2.64. The molecular formula is C10H19N5O2. The summed E-state index contributed by atoms with van der Waals surface area (Å²) in [6, 6.07) is 0.257. The first-order valence-corrected chi connectivity index (χ1v) is 5.97. The van der Waals surface area contributed by atoms with Crippen molar-refractivity contribution in [2.24, 2.45) is 7.05 Å². The van der Waals surface area contributed by atoms with Gasteiger partial charge in [-0.05, 0) is 11.8 Å². The number of nitrogens with one attached hydrogen (secondary N) is 1. The predicted molar refractivity (Wildman–Crippen MR) is 60.3 cm³/mol. The fraction of sp³-hybridized carbons (Fsp3) is 0.900. The highest BCUT2D eigenvalue weighted by Gasteiger charge is 2.22. The number of rotatable bonds is 6. The first-order valence-electron chi connectivity index (χ1n) is 5.97. The fourth-order valence-corrected chi connectivity index (χ4v) is 1.93. The molecular weight excluding hydrogens is 222 g/mol. The number of likely N-dealkylation sites (N-methyl/N-ethyl adjacent to an activating group) is 1. The summed E-state index contributed by atoms with van der Waals surface area (Å²) < 4.78 is 10.9. The zero-order valence-corrected chi connectivity index (χ0v) is 10.3. The number of aromatic nitrogens is 4. The molecule has 1 aliphatic heterocycles. The van der Waals surface area contributed by atoms with Gasteiger partial charge in [0, 0.05) is 18.9 Å². The molecule has 0 saturated carbocycles. The van der Waals surface area contributed by atoms with Crippen LogP contribution < -0.4 is 5.32 Å². The molecule has 1 aliphatic rings. The van der Waals surface area contributed by atoms with E-state index in [2.05, 4.69) is 27.7 Å². The summed E-state index contributed by atoms with van der Waals surface area (Å²) in [5.41, 5.74) is 0. The van der Waals surface area contributed by atoms with Crippen molar-refractivity contribution >= 4 is 0 Å². The summed E-state index contributed by atoms with van der Waals surface area (Å²) in [4.78, 5) is 1.47. The smallest absolute Gasteiger partial charge is 0.176 e. The Balaban J connectivity index is 1.87. The van der Waals surface area contributed by atoms with E-state index in [1.165, 1.54) is 4.80 Å². The van der Waals surface area contributed by atoms with Gasteiger partial charge in [-0.2, -0.15) is 4.80 Å². The zero-order chi connectivity index (χ0) is 12.1. The predicted octanol–water partition coefficient (Wildman–Crippen LogP) is -0.506. The van der Waals surface area contributed by atoms with Crippen molar-refractivity contribution in [2.45, 2.75) is 32.1 Å². The van der Waals surface area contributed by atoms with Gasteiger partial charge in [0.2, 0.25) is 0 Å². The molecule has 0 amide bonds. The van der Waals surface area contributed by atoms with Crippen LogP contribution >= 0.6 is 0 Å². The van der Waals surface area contributed by atoms with E-state index in [0.29, 0.717) is 13.2 Å². The van der Waals surface area contributed by atoms with Gasteiger partial charge in [0.1, 0.15) is 0 Å². The maximum absolute atomic E-state index is 5.45. The molecule has 1 aromatic rings. The van der Waals surface area contributed by atoms with Crippen LogP contribution in [-0.4, -0.2) is 52.3 Å². The van der Waals surface area contributed by atoms with Crippen molar-refractivity contribution in [1.82, 2.24) is 25.5 Å². The Morgan fingerprint density at radius 1 is 1.47 bits per heavy atom. The second-order valence-electron chi connectivity index (χ2n) is 4.06. The summed E-state index contributed by atoms with van der Waals surface area (Å²) in [6.07, 6.45) is 1.45. The molecule has 0 spiro atoms. The lowest BCUT2D eigenvalue weighted by Crippen LogP contribution is -2.35. The molecule has 7 nitrogen and oxygen atoms in total. The molecule has 1 unspecified atom stereocenters. The van der Waals surface area contributed by atoms with Crippen LogP contribution in [0.25, 0.3) is 0 Å². The first kappa shape index (κ1) is 12.4. The minimum absolute atomic E-state index is 0.101. The van der Waals surface area contributed by atoms with Gasteiger partial charge in [-0.1, -0.05) is 6.92 Å². The van der Waals surface area contributed by atoms with Crippen LogP contribution in [0.3, 0.4) is 0 Å². The third-order valence-electron chi connectivity index (χ3n) is 2.64. The van der Waals surface area contributed by atoms with Gasteiger partial charge in [-0.3, -0.25) is 0 Å². The van der Waals surface area contributed by atoms with Crippen LogP contribution in [0.4, 0.5) is 0 Å². The number of aryl methyl sites for hydroxylation is 1. The fourth-order valence-electron chi connectivity index (χ4n) is 1.93. The maximum atomic E-state index is 5.45. The van der Waals surface area contributed by atoms with Crippen molar-refractivity contribution in [2.75, 3.05) is 19.8 Å². The largest absolute Gasteiger partial charge is 0.350 e. The van der Waals surface area contributed by atoms with Gasteiger partial charge < -0.3 is 14.8 Å². The molecule has 0 bridgehead atoms. The van der Waals surface area contributed by atoms with Crippen LogP contribution in [0.15, 0.2) is 0 Å². The summed E-state index contributed by atoms with van der Waals surface area (Å²) in [6.45, 7) is 4.35. The number of hydrogen-bond donors (Lipinski definition) is 1. The van der Waals surface area contributed by atoms with E-state index in [4.69, 9.17) is 9.47 Å². The second kappa shape index (κ2) is 6.04. The number of tetrazole rings is 1. The van der Waals surface area contributed by atoms with Crippen molar-refractivity contribution in [1.29, 1.82) is 0 Å². The molecule has 1 N–H and O–H groups in total. The monoisotopic (exact) mass is 241 g/mol. The van der Waals surface area contributed by atoms with Gasteiger partial charge in [-0.25, -0.2) is 0 Å². The molecule has 0 aromatic carbocycles. The third kappa shape index (κ3) is 3.72. The Bertz CT molecular complexity index is 337. The molecule has 1 atom stereocenters. The van der Waals surface area contributed by atoms with Crippen LogP contribution in [0.2, 0.25) is 0 Å². The second-order valence-corrected chi connectivity index (χ2v) is 4.06. The van der Waals surface area contributed by atoms with E-state index in [1.807, 2.05) is 0 Å². The number of hydrogen-bond acceptors (Lipinski definition) is 6. The van der Waals surface area contributed by atoms with Gasteiger partial charge in [0.15, 0.2) is 12.1 Å². The molecule has 1 fully saturated rings. The van der Waals surface area contributed by atoms with Gasteiger partial charge >= 0.3 is 0 Å². The highest BCUT2D eigenvalue weighted by atomic mass is 16.7. The summed E-state index contributed by atoms with van der Waals surface area (Å²) >= 11 is 0. The minimum atomic E-state index is -0.101.